The van der Waals surface area contributed by atoms with E-state index in [1.807, 2.05) is 0 Å². The highest BCUT2D eigenvalue weighted by Crippen LogP contribution is 1.85. The second kappa shape index (κ2) is 4.94. The van der Waals surface area contributed by atoms with Gasteiger partial charge in [0.25, 0.3) is 0 Å². The fourth-order valence-electron chi connectivity index (χ4n) is 0.443. The molecular weight excluding hydrogens is 166 g/mol. The van der Waals surface area contributed by atoms with Crippen molar-refractivity contribution in [1.82, 2.24) is 0 Å². The molecule has 68 valence electrons. The average Bonchev–Trinajstić information content (AvgIpc) is 2.06. The smallest absolute Gasteiger partial charge is 0.364 e. The molecule has 0 aromatic heterocycles. The zero-order valence-electron chi connectivity index (χ0n) is 6.39. The van der Waals surface area contributed by atoms with Gasteiger partial charge in [-0.3, -0.25) is 0 Å². The monoisotopic (exact) mass is 175 g/mol. The van der Waals surface area contributed by atoms with Gasteiger partial charge in [-0.1, -0.05) is 10.3 Å². The number of oxime groups is 2. The van der Waals surface area contributed by atoms with Gasteiger partial charge in [-0.25, -0.2) is 4.79 Å². The van der Waals surface area contributed by atoms with Crippen molar-refractivity contribution in [3.8, 4) is 0 Å². The lowest BCUT2D eigenvalue weighted by Gasteiger charge is -2.00. The summed E-state index contributed by atoms with van der Waals surface area (Å²) in [4.78, 5) is 10.8. The van der Waals surface area contributed by atoms with Crippen LogP contribution in [0.5, 0.6) is 0 Å². The number of nitrogens with zero attached hydrogens (tertiary/aromatic N) is 2. The highest BCUT2D eigenvalue weighted by molar-refractivity contribution is 6.64. The number of hydrogen-bond acceptors (Lipinski definition) is 6. The van der Waals surface area contributed by atoms with E-state index < -0.39 is 17.5 Å². The minimum Gasteiger partial charge on any atom is -0.461 e. The number of amidine groups is 1. The molecule has 0 heterocycles. The molecule has 4 N–H and O–H groups in total. The number of nitrogens with two attached hydrogens (primary N) is 1. The first kappa shape index (κ1) is 10.2. The minimum absolute atomic E-state index is 0.108. The molecule has 0 saturated carbocycles. The Bertz CT molecular complexity index is 223. The highest BCUT2D eigenvalue weighted by atomic mass is 16.5. The molecule has 0 atom stereocenters. The lowest BCUT2D eigenvalue weighted by Crippen LogP contribution is -2.32. The molecule has 7 nitrogen and oxygen atoms in total. The first-order valence-electron chi connectivity index (χ1n) is 3.04. The van der Waals surface area contributed by atoms with Crippen molar-refractivity contribution < 1.29 is 19.9 Å². The van der Waals surface area contributed by atoms with E-state index in [0.29, 0.717) is 0 Å². The Kier molecular flexibility index (Phi) is 4.20. The van der Waals surface area contributed by atoms with Crippen LogP contribution in [0.15, 0.2) is 10.3 Å². The maximum absolute atomic E-state index is 10.8. The van der Waals surface area contributed by atoms with Crippen molar-refractivity contribution in [1.29, 1.82) is 0 Å². The third kappa shape index (κ3) is 2.45. The van der Waals surface area contributed by atoms with Crippen LogP contribution in [-0.4, -0.2) is 34.5 Å². The Hall–Kier alpha value is -1.79. The SMILES string of the molecule is CCOC(=O)C(=NO)C(N)=NO. The van der Waals surface area contributed by atoms with Crippen LogP contribution in [-0.2, 0) is 9.53 Å². The Morgan fingerprint density at radius 3 is 2.42 bits per heavy atom. The van der Waals surface area contributed by atoms with E-state index in [0.717, 1.165) is 0 Å². The number of carbonyl (C=O) groups is 1. The molecule has 0 aromatic carbocycles. The van der Waals surface area contributed by atoms with E-state index in [2.05, 4.69) is 15.0 Å². The molecule has 12 heavy (non-hydrogen) atoms. The number of hydrogen-bond donors (Lipinski definition) is 3. The van der Waals surface area contributed by atoms with E-state index in [9.17, 15) is 4.79 Å². The summed E-state index contributed by atoms with van der Waals surface area (Å²) >= 11 is 0. The molecule has 0 saturated heterocycles. The Labute approximate surface area is 68.1 Å². The second-order valence-corrected chi connectivity index (χ2v) is 1.65. The quantitative estimate of drug-likeness (QED) is 0.169. The summed E-state index contributed by atoms with van der Waals surface area (Å²) in [5.41, 5.74) is 4.34. The lowest BCUT2D eigenvalue weighted by atomic mass is 10.3. The van der Waals surface area contributed by atoms with Gasteiger partial charge in [0.2, 0.25) is 5.71 Å². The first-order chi connectivity index (χ1) is 5.67. The van der Waals surface area contributed by atoms with Gasteiger partial charge in [-0.05, 0) is 6.92 Å². The van der Waals surface area contributed by atoms with Gasteiger partial charge in [0, 0.05) is 0 Å². The molecule has 0 amide bonds. The first-order valence-corrected chi connectivity index (χ1v) is 3.04. The maximum atomic E-state index is 10.8. The van der Waals surface area contributed by atoms with E-state index in [1.54, 1.807) is 6.92 Å². The van der Waals surface area contributed by atoms with Crippen LogP contribution in [0.25, 0.3) is 0 Å². The van der Waals surface area contributed by atoms with Crippen LogP contribution in [0.3, 0.4) is 0 Å². The van der Waals surface area contributed by atoms with Gasteiger partial charge >= 0.3 is 5.97 Å². The van der Waals surface area contributed by atoms with Crippen LogP contribution in [0.1, 0.15) is 6.92 Å². The van der Waals surface area contributed by atoms with Crippen molar-refractivity contribution in [2.75, 3.05) is 6.61 Å². The van der Waals surface area contributed by atoms with Crippen molar-refractivity contribution >= 4 is 17.5 Å². The minimum atomic E-state index is -0.949. The summed E-state index contributed by atoms with van der Waals surface area (Å²) in [5, 5.41) is 21.3. The molecule has 0 rings (SSSR count). The molecular formula is C5H9N3O4. The molecule has 7 heteroatoms. The number of ether oxygens (including phenoxy) is 1. The fourth-order valence-corrected chi connectivity index (χ4v) is 0.443. The molecule has 0 aliphatic rings. The Morgan fingerprint density at radius 2 is 2.08 bits per heavy atom. The summed E-state index contributed by atoms with van der Waals surface area (Å²) in [6.07, 6.45) is 0. The predicted octanol–water partition coefficient (Wildman–Crippen LogP) is -0.874. The highest BCUT2D eigenvalue weighted by Gasteiger charge is 2.18. The van der Waals surface area contributed by atoms with Crippen LogP contribution in [0.4, 0.5) is 0 Å². The topological polar surface area (TPSA) is 118 Å². The van der Waals surface area contributed by atoms with Crippen LogP contribution >= 0.6 is 0 Å². The fraction of sp³-hybridized carbons (Fsp3) is 0.400. The normalized spacial score (nSPS) is 12.8. The second-order valence-electron chi connectivity index (χ2n) is 1.65. The van der Waals surface area contributed by atoms with Gasteiger partial charge in [-0.15, -0.1) is 0 Å². The predicted molar refractivity (Wildman–Crippen MR) is 39.3 cm³/mol. The van der Waals surface area contributed by atoms with Crippen molar-refractivity contribution in [2.24, 2.45) is 16.0 Å². The number of esters is 1. The molecule has 0 fully saturated rings. The Morgan fingerprint density at radius 1 is 1.50 bits per heavy atom. The van der Waals surface area contributed by atoms with E-state index in [-0.39, 0.29) is 6.61 Å². The maximum Gasteiger partial charge on any atom is 0.364 e. The van der Waals surface area contributed by atoms with Crippen LogP contribution in [0, 0.1) is 0 Å². The van der Waals surface area contributed by atoms with Gasteiger partial charge in [-0.2, -0.15) is 0 Å². The van der Waals surface area contributed by atoms with Crippen molar-refractivity contribution in [3.05, 3.63) is 0 Å². The largest absolute Gasteiger partial charge is 0.461 e. The summed E-state index contributed by atoms with van der Waals surface area (Å²) in [5.74, 6) is -1.55. The van der Waals surface area contributed by atoms with E-state index >= 15 is 0 Å². The molecule has 0 unspecified atom stereocenters. The molecule has 0 aliphatic heterocycles. The molecule has 0 bridgehead atoms. The Balaban J connectivity index is 4.48. The molecule has 0 spiro atoms. The summed E-state index contributed by atoms with van der Waals surface area (Å²) < 4.78 is 4.42. The third-order valence-electron chi connectivity index (χ3n) is 0.919. The summed E-state index contributed by atoms with van der Waals surface area (Å²) in [6, 6.07) is 0. The molecule has 0 aromatic rings. The summed E-state index contributed by atoms with van der Waals surface area (Å²) in [6.45, 7) is 1.68. The number of rotatable bonds is 3. The van der Waals surface area contributed by atoms with Crippen molar-refractivity contribution in [2.45, 2.75) is 6.92 Å². The molecule has 0 aliphatic carbocycles. The van der Waals surface area contributed by atoms with E-state index in [4.69, 9.17) is 16.1 Å². The van der Waals surface area contributed by atoms with Gasteiger partial charge < -0.3 is 20.9 Å². The van der Waals surface area contributed by atoms with E-state index in [1.165, 1.54) is 0 Å². The summed E-state index contributed by atoms with van der Waals surface area (Å²) in [7, 11) is 0. The van der Waals surface area contributed by atoms with Gasteiger partial charge in [0.1, 0.15) is 0 Å². The molecule has 0 radical (unpaired) electrons. The zero-order valence-corrected chi connectivity index (χ0v) is 6.39. The van der Waals surface area contributed by atoms with Gasteiger partial charge in [0.05, 0.1) is 6.61 Å². The zero-order chi connectivity index (χ0) is 9.56. The lowest BCUT2D eigenvalue weighted by molar-refractivity contribution is -0.134. The van der Waals surface area contributed by atoms with Crippen molar-refractivity contribution in [3.63, 3.8) is 0 Å². The van der Waals surface area contributed by atoms with Crippen LogP contribution < -0.4 is 5.73 Å². The average molecular weight is 175 g/mol. The number of carbonyl (C=O) groups excluding carboxylic acids is 1. The van der Waals surface area contributed by atoms with Crippen LogP contribution in [0.2, 0.25) is 0 Å². The third-order valence-corrected chi connectivity index (χ3v) is 0.919. The van der Waals surface area contributed by atoms with Gasteiger partial charge in [0.15, 0.2) is 5.84 Å². The standard InChI is InChI=1S/C5H9N3O4/c1-2-12-5(9)3(7-10)4(6)8-11/h10-11H,2H2,1H3,(H2,6,8).